The quantitative estimate of drug-likeness (QED) is 0.230. The summed E-state index contributed by atoms with van der Waals surface area (Å²) in [5.41, 5.74) is 0. The number of unbranched alkanes of at least 4 members (excludes halogenated alkanes) is 12. The second kappa shape index (κ2) is 12.5. The molecule has 0 bridgehead atoms. The monoisotopic (exact) mass is 324 g/mol. The van der Waals surface area contributed by atoms with Gasteiger partial charge in [-0.1, -0.05) is 97.3 Å². The van der Waals surface area contributed by atoms with Gasteiger partial charge in [0.15, 0.2) is 0 Å². The second-order valence-electron chi connectivity index (χ2n) is 7.17. The molecule has 23 heavy (non-hydrogen) atoms. The smallest absolute Gasteiger partial charge is 0.317 e. The molecule has 0 aromatic rings. The topological polar surface area (TPSA) is 43.4 Å². The van der Waals surface area contributed by atoms with E-state index in [0.717, 1.165) is 12.8 Å². The first-order valence-corrected chi connectivity index (χ1v) is 9.92. The molecule has 2 unspecified atom stereocenters. The molecule has 3 heteroatoms. The maximum Gasteiger partial charge on any atom is 0.317 e. The van der Waals surface area contributed by atoms with Crippen molar-refractivity contribution in [3.05, 3.63) is 0 Å². The molecule has 1 aliphatic rings. The maximum atomic E-state index is 11.5. The van der Waals surface area contributed by atoms with Gasteiger partial charge >= 0.3 is 11.9 Å². The molecule has 0 radical (unpaired) electrons. The molecule has 1 rings (SSSR count). The van der Waals surface area contributed by atoms with Crippen LogP contribution in [0, 0.1) is 11.8 Å². The van der Waals surface area contributed by atoms with E-state index in [2.05, 4.69) is 11.7 Å². The van der Waals surface area contributed by atoms with Gasteiger partial charge in [-0.05, 0) is 6.42 Å². The van der Waals surface area contributed by atoms with Gasteiger partial charge in [-0.15, -0.1) is 0 Å². The van der Waals surface area contributed by atoms with Gasteiger partial charge < -0.3 is 4.74 Å². The van der Waals surface area contributed by atoms with Crippen LogP contribution in [0.1, 0.15) is 104 Å². The van der Waals surface area contributed by atoms with E-state index in [1.165, 1.54) is 77.0 Å². The highest BCUT2D eigenvalue weighted by molar-refractivity contribution is 5.96. The van der Waals surface area contributed by atoms with Crippen molar-refractivity contribution in [2.24, 2.45) is 11.8 Å². The first-order chi connectivity index (χ1) is 11.2. The van der Waals surface area contributed by atoms with Crippen LogP contribution in [-0.4, -0.2) is 11.9 Å². The predicted molar refractivity (Wildman–Crippen MR) is 94.1 cm³/mol. The fourth-order valence-electron chi connectivity index (χ4n) is 3.39. The van der Waals surface area contributed by atoms with E-state index in [0.29, 0.717) is 0 Å². The van der Waals surface area contributed by atoms with Gasteiger partial charge in [0.1, 0.15) is 0 Å². The van der Waals surface area contributed by atoms with Crippen LogP contribution in [0.2, 0.25) is 0 Å². The molecule has 0 aliphatic carbocycles. The Balaban J connectivity index is 1.83. The number of esters is 2. The Labute approximate surface area is 142 Å². The van der Waals surface area contributed by atoms with Crippen LogP contribution >= 0.6 is 0 Å². The molecule has 0 aromatic heterocycles. The van der Waals surface area contributed by atoms with E-state index in [9.17, 15) is 9.59 Å². The van der Waals surface area contributed by atoms with E-state index >= 15 is 0 Å². The molecule has 0 N–H and O–H groups in total. The van der Waals surface area contributed by atoms with Gasteiger partial charge in [-0.3, -0.25) is 9.59 Å². The number of hydrogen-bond donors (Lipinski definition) is 0. The Bertz CT molecular complexity index is 338. The van der Waals surface area contributed by atoms with Crippen molar-refractivity contribution in [2.75, 3.05) is 0 Å². The summed E-state index contributed by atoms with van der Waals surface area (Å²) >= 11 is 0. The van der Waals surface area contributed by atoms with Gasteiger partial charge in [0.2, 0.25) is 0 Å². The van der Waals surface area contributed by atoms with Crippen molar-refractivity contribution in [1.82, 2.24) is 0 Å². The molecule has 0 spiro atoms. The minimum atomic E-state index is -0.338. The Morgan fingerprint density at radius 1 is 0.696 bits per heavy atom. The zero-order valence-electron chi connectivity index (χ0n) is 15.3. The highest BCUT2D eigenvalue weighted by Gasteiger charge is 2.40. The van der Waals surface area contributed by atoms with Crippen molar-refractivity contribution in [1.29, 1.82) is 0 Å². The highest BCUT2D eigenvalue weighted by Crippen LogP contribution is 2.28. The van der Waals surface area contributed by atoms with Crippen LogP contribution < -0.4 is 0 Å². The first kappa shape index (κ1) is 20.2. The number of cyclic esters (lactones) is 2. The van der Waals surface area contributed by atoms with Crippen molar-refractivity contribution in [3.8, 4) is 0 Å². The van der Waals surface area contributed by atoms with Crippen LogP contribution in [0.3, 0.4) is 0 Å². The van der Waals surface area contributed by atoms with Crippen LogP contribution in [0.4, 0.5) is 0 Å². The molecule has 0 aromatic carbocycles. The summed E-state index contributed by atoms with van der Waals surface area (Å²) in [6, 6.07) is 0. The number of carbonyl (C=O) groups is 2. The molecule has 3 nitrogen and oxygen atoms in total. The van der Waals surface area contributed by atoms with Crippen LogP contribution in [-0.2, 0) is 14.3 Å². The van der Waals surface area contributed by atoms with Crippen LogP contribution in [0.25, 0.3) is 0 Å². The van der Waals surface area contributed by atoms with E-state index < -0.39 is 0 Å². The average molecular weight is 325 g/mol. The zero-order chi connectivity index (χ0) is 16.9. The molecule has 1 fully saturated rings. The summed E-state index contributed by atoms with van der Waals surface area (Å²) in [6.07, 6.45) is 18.0. The largest absolute Gasteiger partial charge is 0.393 e. The van der Waals surface area contributed by atoms with Crippen molar-refractivity contribution in [2.45, 2.75) is 104 Å². The maximum absolute atomic E-state index is 11.5. The van der Waals surface area contributed by atoms with E-state index in [1.54, 1.807) is 6.92 Å². The first-order valence-electron chi connectivity index (χ1n) is 9.92. The lowest BCUT2D eigenvalue weighted by atomic mass is 9.91. The standard InChI is InChI=1S/C20H36O3/c1-3-4-5-6-7-8-9-10-11-12-13-14-15-16-18-17(2)19(21)23-20(18)22/h17-18H,3-16H2,1-2H3. The molecule has 0 saturated carbocycles. The minimum Gasteiger partial charge on any atom is -0.393 e. The van der Waals surface area contributed by atoms with E-state index in [4.69, 9.17) is 0 Å². The summed E-state index contributed by atoms with van der Waals surface area (Å²) in [5, 5.41) is 0. The van der Waals surface area contributed by atoms with Crippen LogP contribution in [0.5, 0.6) is 0 Å². The summed E-state index contributed by atoms with van der Waals surface area (Å²) in [6.45, 7) is 4.07. The van der Waals surface area contributed by atoms with Gasteiger partial charge in [0, 0.05) is 0 Å². The minimum absolute atomic E-state index is 0.185. The lowest BCUT2D eigenvalue weighted by molar-refractivity contribution is -0.153. The van der Waals surface area contributed by atoms with Gasteiger partial charge in [-0.2, -0.15) is 0 Å². The highest BCUT2D eigenvalue weighted by atomic mass is 16.6. The molecule has 1 aliphatic heterocycles. The lowest BCUT2D eigenvalue weighted by Crippen LogP contribution is -2.14. The molecule has 1 saturated heterocycles. The summed E-state index contributed by atoms with van der Waals surface area (Å²) < 4.78 is 4.67. The van der Waals surface area contributed by atoms with Crippen molar-refractivity contribution >= 4 is 11.9 Å². The third-order valence-electron chi connectivity index (χ3n) is 5.10. The van der Waals surface area contributed by atoms with Gasteiger partial charge in [0.25, 0.3) is 0 Å². The molecule has 134 valence electrons. The third kappa shape index (κ3) is 8.53. The number of rotatable bonds is 14. The molecular formula is C20H36O3. The summed E-state index contributed by atoms with van der Waals surface area (Å²) in [5.74, 6) is -1.06. The Hall–Kier alpha value is -0.860. The Kier molecular flexibility index (Phi) is 11.0. The lowest BCUT2D eigenvalue weighted by Gasteiger charge is -2.08. The number of ether oxygens (including phenoxy) is 1. The Morgan fingerprint density at radius 2 is 1.13 bits per heavy atom. The van der Waals surface area contributed by atoms with Gasteiger partial charge in [0.05, 0.1) is 11.8 Å². The van der Waals surface area contributed by atoms with E-state index in [-0.39, 0.29) is 23.8 Å². The van der Waals surface area contributed by atoms with Gasteiger partial charge in [-0.25, -0.2) is 0 Å². The third-order valence-corrected chi connectivity index (χ3v) is 5.10. The molecular weight excluding hydrogens is 288 g/mol. The van der Waals surface area contributed by atoms with E-state index in [1.807, 2.05) is 0 Å². The van der Waals surface area contributed by atoms with Crippen LogP contribution in [0.15, 0.2) is 0 Å². The van der Waals surface area contributed by atoms with Crippen molar-refractivity contribution < 1.29 is 14.3 Å². The number of hydrogen-bond acceptors (Lipinski definition) is 3. The fraction of sp³-hybridized carbons (Fsp3) is 0.900. The second-order valence-corrected chi connectivity index (χ2v) is 7.17. The molecule has 1 heterocycles. The summed E-state index contributed by atoms with van der Waals surface area (Å²) in [4.78, 5) is 22.8. The van der Waals surface area contributed by atoms with Crippen molar-refractivity contribution in [3.63, 3.8) is 0 Å². The number of carbonyl (C=O) groups excluding carboxylic acids is 2. The average Bonchev–Trinajstić information content (AvgIpc) is 2.77. The Morgan fingerprint density at radius 3 is 1.52 bits per heavy atom. The summed E-state index contributed by atoms with van der Waals surface area (Å²) in [7, 11) is 0. The fourth-order valence-corrected chi connectivity index (χ4v) is 3.39. The normalized spacial score (nSPS) is 21.0. The molecule has 0 amide bonds. The molecule has 2 atom stereocenters. The predicted octanol–water partition coefficient (Wildman–Crippen LogP) is 5.80. The zero-order valence-corrected chi connectivity index (χ0v) is 15.3. The SMILES string of the molecule is CCCCCCCCCCCCCCCC1C(=O)OC(=O)C1C.